The van der Waals surface area contributed by atoms with Gasteiger partial charge < -0.3 is 15.6 Å². The summed E-state index contributed by atoms with van der Waals surface area (Å²) in [6, 6.07) is 4.40. The number of hydrogen-bond donors (Lipinski definition) is 2. The zero-order valence-corrected chi connectivity index (χ0v) is 11.5. The highest BCUT2D eigenvalue weighted by atomic mass is 16.5. The van der Waals surface area contributed by atoms with Gasteiger partial charge in [0, 0.05) is 11.8 Å². The fourth-order valence-electron chi connectivity index (χ4n) is 1.85. The van der Waals surface area contributed by atoms with Crippen LogP contribution < -0.4 is 5.73 Å². The van der Waals surface area contributed by atoms with Crippen LogP contribution in [0.15, 0.2) is 18.2 Å². The number of phenols is 1. The third kappa shape index (κ3) is 5.64. The predicted molar refractivity (Wildman–Crippen MR) is 76.2 cm³/mol. The number of carbonyl (C=O) groups is 1. The van der Waals surface area contributed by atoms with Gasteiger partial charge in [0.25, 0.3) is 0 Å². The summed E-state index contributed by atoms with van der Waals surface area (Å²) in [6.45, 7) is 2.58. The van der Waals surface area contributed by atoms with E-state index in [9.17, 15) is 9.90 Å². The van der Waals surface area contributed by atoms with Gasteiger partial charge in [-0.25, -0.2) is 4.79 Å². The van der Waals surface area contributed by atoms with E-state index in [2.05, 4.69) is 6.92 Å². The number of nitrogen functional groups attached to an aromatic ring is 1. The van der Waals surface area contributed by atoms with Crippen molar-refractivity contribution in [2.24, 2.45) is 0 Å². The number of esters is 1. The van der Waals surface area contributed by atoms with Crippen LogP contribution in [-0.4, -0.2) is 17.7 Å². The Morgan fingerprint density at radius 3 is 2.58 bits per heavy atom. The molecule has 106 valence electrons. The molecule has 4 heteroatoms. The minimum Gasteiger partial charge on any atom is -0.507 e. The van der Waals surface area contributed by atoms with Crippen molar-refractivity contribution >= 4 is 11.7 Å². The number of unbranched alkanes of at least 4 members (excludes halogenated alkanes) is 5. The molecule has 0 radical (unpaired) electrons. The molecule has 0 spiro atoms. The Kier molecular flexibility index (Phi) is 6.79. The number of carbonyl (C=O) groups excluding carboxylic acids is 1. The number of rotatable bonds is 8. The van der Waals surface area contributed by atoms with Crippen molar-refractivity contribution in [3.8, 4) is 5.75 Å². The highest BCUT2D eigenvalue weighted by Gasteiger charge is 2.12. The molecule has 1 aromatic rings. The van der Waals surface area contributed by atoms with Crippen LogP contribution in [-0.2, 0) is 4.74 Å². The molecule has 0 unspecified atom stereocenters. The van der Waals surface area contributed by atoms with E-state index in [-0.39, 0.29) is 11.3 Å². The van der Waals surface area contributed by atoms with Crippen LogP contribution in [0.5, 0.6) is 5.75 Å². The molecule has 0 fully saturated rings. The zero-order valence-electron chi connectivity index (χ0n) is 11.5. The minimum absolute atomic E-state index is 0.132. The highest BCUT2D eigenvalue weighted by Crippen LogP contribution is 2.20. The van der Waals surface area contributed by atoms with Gasteiger partial charge in [0.15, 0.2) is 0 Å². The predicted octanol–water partition coefficient (Wildman–Crippen LogP) is 3.49. The van der Waals surface area contributed by atoms with Crippen molar-refractivity contribution in [3.63, 3.8) is 0 Å². The van der Waals surface area contributed by atoms with E-state index < -0.39 is 5.97 Å². The van der Waals surface area contributed by atoms with E-state index in [0.29, 0.717) is 12.3 Å². The van der Waals surface area contributed by atoms with Gasteiger partial charge in [-0.2, -0.15) is 0 Å². The lowest BCUT2D eigenvalue weighted by Gasteiger charge is -2.06. The van der Waals surface area contributed by atoms with Crippen LogP contribution in [0.2, 0.25) is 0 Å². The third-order valence-electron chi connectivity index (χ3n) is 2.97. The van der Waals surface area contributed by atoms with E-state index in [1.807, 2.05) is 0 Å². The molecule has 0 atom stereocenters. The van der Waals surface area contributed by atoms with Crippen LogP contribution in [0, 0.1) is 0 Å². The molecular formula is C15H23NO3. The zero-order chi connectivity index (χ0) is 14.1. The van der Waals surface area contributed by atoms with Gasteiger partial charge in [-0.15, -0.1) is 0 Å². The first-order chi connectivity index (χ1) is 9.15. The van der Waals surface area contributed by atoms with E-state index in [4.69, 9.17) is 10.5 Å². The third-order valence-corrected chi connectivity index (χ3v) is 2.97. The summed E-state index contributed by atoms with van der Waals surface area (Å²) < 4.78 is 5.12. The number of phenolic OH excluding ortho intramolecular Hbond substituents is 1. The van der Waals surface area contributed by atoms with Gasteiger partial charge in [0.05, 0.1) is 6.61 Å². The molecule has 0 aromatic heterocycles. The van der Waals surface area contributed by atoms with Gasteiger partial charge in [-0.1, -0.05) is 39.0 Å². The molecule has 0 bridgehead atoms. The second-order valence-corrected chi connectivity index (χ2v) is 4.68. The Balaban J connectivity index is 2.24. The fourth-order valence-corrected chi connectivity index (χ4v) is 1.85. The fraction of sp³-hybridized carbons (Fsp3) is 0.533. The Morgan fingerprint density at radius 1 is 1.21 bits per heavy atom. The molecule has 0 amide bonds. The molecule has 4 nitrogen and oxygen atoms in total. The molecule has 0 heterocycles. The standard InChI is InChI=1S/C15H23NO3/c1-2-3-4-5-6-7-10-19-15(18)13-9-8-12(16)11-14(13)17/h8-9,11,17H,2-7,10,16H2,1H3. The summed E-state index contributed by atoms with van der Waals surface area (Å²) >= 11 is 0. The normalized spacial score (nSPS) is 10.4. The molecule has 0 aliphatic heterocycles. The number of aromatic hydroxyl groups is 1. The number of nitrogens with two attached hydrogens (primary N) is 1. The van der Waals surface area contributed by atoms with Gasteiger partial charge in [0.1, 0.15) is 11.3 Å². The van der Waals surface area contributed by atoms with Crippen LogP contribution >= 0.6 is 0 Å². The Hall–Kier alpha value is -1.71. The molecular weight excluding hydrogens is 242 g/mol. The Bertz CT molecular complexity index is 404. The first-order valence-electron chi connectivity index (χ1n) is 6.90. The first kappa shape index (κ1) is 15.3. The summed E-state index contributed by atoms with van der Waals surface area (Å²) in [6.07, 6.45) is 6.85. The molecule has 19 heavy (non-hydrogen) atoms. The first-order valence-corrected chi connectivity index (χ1v) is 6.90. The highest BCUT2D eigenvalue weighted by molar-refractivity contribution is 5.92. The summed E-state index contributed by atoms with van der Waals surface area (Å²) in [5.41, 5.74) is 6.08. The molecule has 0 aliphatic carbocycles. The maximum Gasteiger partial charge on any atom is 0.341 e. The van der Waals surface area contributed by atoms with E-state index in [1.165, 1.54) is 37.8 Å². The van der Waals surface area contributed by atoms with Crippen molar-refractivity contribution in [1.82, 2.24) is 0 Å². The average Bonchev–Trinajstić information content (AvgIpc) is 2.37. The average molecular weight is 265 g/mol. The van der Waals surface area contributed by atoms with Crippen molar-refractivity contribution in [2.75, 3.05) is 12.3 Å². The maximum atomic E-state index is 11.7. The van der Waals surface area contributed by atoms with E-state index in [1.54, 1.807) is 6.07 Å². The van der Waals surface area contributed by atoms with Crippen LogP contribution in [0.4, 0.5) is 5.69 Å². The second-order valence-electron chi connectivity index (χ2n) is 4.68. The van der Waals surface area contributed by atoms with Gasteiger partial charge in [-0.05, 0) is 18.6 Å². The summed E-state index contributed by atoms with van der Waals surface area (Å²) in [7, 11) is 0. The van der Waals surface area contributed by atoms with Gasteiger partial charge >= 0.3 is 5.97 Å². The summed E-state index contributed by atoms with van der Waals surface area (Å²) in [5.74, 6) is -0.626. The maximum absolute atomic E-state index is 11.7. The van der Waals surface area contributed by atoms with Crippen LogP contribution in [0.25, 0.3) is 0 Å². The summed E-state index contributed by atoms with van der Waals surface area (Å²) in [5, 5.41) is 9.58. The van der Waals surface area contributed by atoms with Crippen molar-refractivity contribution in [2.45, 2.75) is 45.4 Å². The minimum atomic E-state index is -0.494. The van der Waals surface area contributed by atoms with Crippen molar-refractivity contribution < 1.29 is 14.6 Å². The largest absolute Gasteiger partial charge is 0.507 e. The topological polar surface area (TPSA) is 72.5 Å². The van der Waals surface area contributed by atoms with Gasteiger partial charge in [0.2, 0.25) is 0 Å². The van der Waals surface area contributed by atoms with Crippen molar-refractivity contribution in [3.05, 3.63) is 23.8 Å². The number of anilines is 1. The summed E-state index contributed by atoms with van der Waals surface area (Å²) in [4.78, 5) is 11.7. The van der Waals surface area contributed by atoms with E-state index >= 15 is 0 Å². The Labute approximate surface area is 114 Å². The van der Waals surface area contributed by atoms with Crippen LogP contribution in [0.3, 0.4) is 0 Å². The lowest BCUT2D eigenvalue weighted by Crippen LogP contribution is -2.07. The van der Waals surface area contributed by atoms with Crippen molar-refractivity contribution in [1.29, 1.82) is 0 Å². The molecule has 1 rings (SSSR count). The molecule has 0 aliphatic rings. The molecule has 0 saturated heterocycles. The number of ether oxygens (including phenoxy) is 1. The molecule has 1 aromatic carbocycles. The lowest BCUT2D eigenvalue weighted by atomic mass is 10.1. The second kappa shape index (κ2) is 8.40. The molecule has 0 saturated carbocycles. The van der Waals surface area contributed by atoms with E-state index in [0.717, 1.165) is 12.8 Å². The smallest absolute Gasteiger partial charge is 0.341 e. The molecule has 3 N–H and O–H groups in total. The number of hydrogen-bond acceptors (Lipinski definition) is 4. The van der Waals surface area contributed by atoms with Gasteiger partial charge in [-0.3, -0.25) is 0 Å². The SMILES string of the molecule is CCCCCCCCOC(=O)c1ccc(N)cc1O. The van der Waals surface area contributed by atoms with Crippen LogP contribution in [0.1, 0.15) is 55.8 Å². The number of benzene rings is 1. The monoisotopic (exact) mass is 265 g/mol. The lowest BCUT2D eigenvalue weighted by molar-refractivity contribution is 0.0494. The Morgan fingerprint density at radius 2 is 1.89 bits per heavy atom. The quantitative estimate of drug-likeness (QED) is 0.428.